The van der Waals surface area contributed by atoms with E-state index >= 15 is 0 Å². The van der Waals surface area contributed by atoms with E-state index < -0.39 is 11.9 Å². The van der Waals surface area contributed by atoms with Gasteiger partial charge in [0.1, 0.15) is 5.75 Å². The minimum absolute atomic E-state index is 0.133. The van der Waals surface area contributed by atoms with E-state index in [0.717, 1.165) is 0 Å². The average Bonchev–Trinajstić information content (AvgIpc) is 2.81. The molecule has 18 heavy (non-hydrogen) atoms. The Kier molecular flexibility index (Phi) is 3.54. The average molecular weight is 285 g/mol. The van der Waals surface area contributed by atoms with Gasteiger partial charge in [0.2, 0.25) is 0 Å². The van der Waals surface area contributed by atoms with E-state index in [9.17, 15) is 9.59 Å². The number of esters is 1. The lowest BCUT2D eigenvalue weighted by Crippen LogP contribution is -2.13. The van der Waals surface area contributed by atoms with E-state index in [1.807, 2.05) is 0 Å². The molecule has 0 amide bonds. The second-order valence-electron chi connectivity index (χ2n) is 3.08. The van der Waals surface area contributed by atoms with Gasteiger partial charge < -0.3 is 9.84 Å². The van der Waals surface area contributed by atoms with Gasteiger partial charge in [-0.25, -0.2) is 9.59 Å². The molecule has 0 saturated heterocycles. The molecule has 2 aromatic rings. The van der Waals surface area contributed by atoms with E-state index in [1.165, 1.54) is 6.07 Å². The van der Waals surface area contributed by atoms with Crippen molar-refractivity contribution in [3.8, 4) is 5.75 Å². The number of aromatic carboxylic acids is 1. The Morgan fingerprint density at radius 1 is 1.33 bits per heavy atom. The van der Waals surface area contributed by atoms with Crippen molar-refractivity contribution in [3.63, 3.8) is 0 Å². The van der Waals surface area contributed by atoms with Crippen LogP contribution in [0.25, 0.3) is 0 Å². The number of carbonyl (C=O) groups excluding carboxylic acids is 1. The summed E-state index contributed by atoms with van der Waals surface area (Å²) in [4.78, 5) is 22.2. The number of carbonyl (C=O) groups is 2. The third-order valence-electron chi connectivity index (χ3n) is 1.91. The van der Waals surface area contributed by atoms with Crippen LogP contribution in [0.1, 0.15) is 20.2 Å². The van der Waals surface area contributed by atoms with E-state index in [-0.39, 0.29) is 21.3 Å². The van der Waals surface area contributed by atoms with E-state index in [1.54, 1.807) is 18.2 Å². The van der Waals surface area contributed by atoms with Crippen LogP contribution in [0, 0.1) is 0 Å². The van der Waals surface area contributed by atoms with Crippen molar-refractivity contribution in [1.82, 2.24) is 9.59 Å². The standard InChI is InChI=1S/C10H5ClN2O4S/c11-5-3-1-2-4-6(5)17-10(16)7-8(9(14)15)18-13-12-7/h1-4H,(H,14,15). The molecule has 0 bridgehead atoms. The van der Waals surface area contributed by atoms with Crippen LogP contribution >= 0.6 is 23.1 Å². The molecule has 0 aliphatic carbocycles. The topological polar surface area (TPSA) is 89.4 Å². The number of hydrogen-bond donors (Lipinski definition) is 1. The Morgan fingerprint density at radius 2 is 2.06 bits per heavy atom. The van der Waals surface area contributed by atoms with E-state index in [0.29, 0.717) is 11.5 Å². The van der Waals surface area contributed by atoms with Crippen LogP contribution < -0.4 is 4.74 Å². The number of aromatic nitrogens is 2. The maximum absolute atomic E-state index is 11.7. The Bertz CT molecular complexity index is 613. The second-order valence-corrected chi connectivity index (χ2v) is 4.24. The number of ether oxygens (including phenoxy) is 1. The summed E-state index contributed by atoms with van der Waals surface area (Å²) in [5.74, 6) is -2.06. The van der Waals surface area contributed by atoms with Crippen molar-refractivity contribution >= 4 is 35.1 Å². The third-order valence-corrected chi connectivity index (χ3v) is 2.94. The molecule has 6 nitrogen and oxygen atoms in total. The van der Waals surface area contributed by atoms with Crippen LogP contribution in [-0.2, 0) is 0 Å². The van der Waals surface area contributed by atoms with Gasteiger partial charge in [0.15, 0.2) is 10.6 Å². The zero-order chi connectivity index (χ0) is 13.1. The van der Waals surface area contributed by atoms with Crippen LogP contribution in [0.15, 0.2) is 24.3 Å². The minimum Gasteiger partial charge on any atom is -0.477 e. The predicted molar refractivity (Wildman–Crippen MR) is 63.3 cm³/mol. The number of hydrogen-bond acceptors (Lipinski definition) is 6. The van der Waals surface area contributed by atoms with Gasteiger partial charge in [0, 0.05) is 0 Å². The van der Waals surface area contributed by atoms with Crippen LogP contribution in [0.4, 0.5) is 0 Å². The number of benzene rings is 1. The largest absolute Gasteiger partial charge is 0.477 e. The van der Waals surface area contributed by atoms with Crippen LogP contribution in [-0.4, -0.2) is 26.6 Å². The summed E-state index contributed by atoms with van der Waals surface area (Å²) in [6.07, 6.45) is 0. The number of nitrogens with zero attached hydrogens (tertiary/aromatic N) is 2. The lowest BCUT2D eigenvalue weighted by atomic mass is 10.3. The van der Waals surface area contributed by atoms with E-state index in [2.05, 4.69) is 9.59 Å². The number of rotatable bonds is 3. The SMILES string of the molecule is O=C(Oc1ccccc1Cl)c1nnsc1C(=O)O. The van der Waals surface area contributed by atoms with Crippen molar-refractivity contribution in [2.24, 2.45) is 0 Å². The van der Waals surface area contributed by atoms with Gasteiger partial charge in [-0.15, -0.1) is 5.10 Å². The third kappa shape index (κ3) is 2.47. The van der Waals surface area contributed by atoms with Gasteiger partial charge in [-0.3, -0.25) is 0 Å². The summed E-state index contributed by atoms with van der Waals surface area (Å²) >= 11 is 6.41. The first-order valence-electron chi connectivity index (χ1n) is 4.62. The fraction of sp³-hybridized carbons (Fsp3) is 0. The molecule has 0 atom stereocenters. The first-order chi connectivity index (χ1) is 8.59. The van der Waals surface area contributed by atoms with Gasteiger partial charge >= 0.3 is 11.9 Å². The predicted octanol–water partition coefficient (Wildman–Crippen LogP) is 2.11. The van der Waals surface area contributed by atoms with Crippen LogP contribution in [0.3, 0.4) is 0 Å². The molecule has 0 aliphatic rings. The summed E-state index contributed by atoms with van der Waals surface area (Å²) in [7, 11) is 0. The molecule has 0 unspecified atom stereocenters. The molecular formula is C10H5ClN2O4S. The Morgan fingerprint density at radius 3 is 2.72 bits per heavy atom. The van der Waals surface area contributed by atoms with Crippen molar-refractivity contribution < 1.29 is 19.4 Å². The van der Waals surface area contributed by atoms with Gasteiger partial charge in [-0.1, -0.05) is 28.2 Å². The number of carboxylic acid groups (broad SMARTS) is 1. The van der Waals surface area contributed by atoms with Crippen LogP contribution in [0.2, 0.25) is 5.02 Å². The molecule has 0 radical (unpaired) electrons. The Hall–Kier alpha value is -1.99. The molecule has 1 aromatic carbocycles. The van der Waals surface area contributed by atoms with E-state index in [4.69, 9.17) is 21.4 Å². The smallest absolute Gasteiger partial charge is 0.366 e. The molecule has 0 saturated carbocycles. The van der Waals surface area contributed by atoms with Crippen molar-refractivity contribution in [2.75, 3.05) is 0 Å². The van der Waals surface area contributed by atoms with Crippen molar-refractivity contribution in [2.45, 2.75) is 0 Å². The Labute approximate surface area is 110 Å². The lowest BCUT2D eigenvalue weighted by molar-refractivity contribution is 0.0670. The zero-order valence-electron chi connectivity index (χ0n) is 8.66. The van der Waals surface area contributed by atoms with Gasteiger partial charge in [0.25, 0.3) is 0 Å². The molecule has 1 N–H and O–H groups in total. The molecule has 0 aliphatic heterocycles. The first kappa shape index (κ1) is 12.5. The summed E-state index contributed by atoms with van der Waals surface area (Å²) in [5, 5.41) is 12.5. The molecule has 2 rings (SSSR count). The molecular weight excluding hydrogens is 280 g/mol. The molecule has 8 heteroatoms. The zero-order valence-corrected chi connectivity index (χ0v) is 10.2. The van der Waals surface area contributed by atoms with Gasteiger partial charge in [0.05, 0.1) is 5.02 Å². The van der Waals surface area contributed by atoms with Crippen molar-refractivity contribution in [1.29, 1.82) is 0 Å². The van der Waals surface area contributed by atoms with Gasteiger partial charge in [-0.05, 0) is 23.7 Å². The monoisotopic (exact) mass is 284 g/mol. The molecule has 0 spiro atoms. The highest BCUT2D eigenvalue weighted by molar-refractivity contribution is 7.08. The van der Waals surface area contributed by atoms with Crippen LogP contribution in [0.5, 0.6) is 5.75 Å². The highest BCUT2D eigenvalue weighted by atomic mass is 35.5. The summed E-state index contributed by atoms with van der Waals surface area (Å²) in [5.41, 5.74) is -0.340. The maximum Gasteiger partial charge on any atom is 0.366 e. The fourth-order valence-electron chi connectivity index (χ4n) is 1.14. The summed E-state index contributed by atoms with van der Waals surface area (Å²) in [6.45, 7) is 0. The molecule has 0 fully saturated rings. The summed E-state index contributed by atoms with van der Waals surface area (Å²) in [6, 6.07) is 6.33. The highest BCUT2D eigenvalue weighted by Crippen LogP contribution is 2.24. The highest BCUT2D eigenvalue weighted by Gasteiger charge is 2.23. The normalized spacial score (nSPS) is 10.1. The van der Waals surface area contributed by atoms with Gasteiger partial charge in [-0.2, -0.15) is 0 Å². The maximum atomic E-state index is 11.7. The second kappa shape index (κ2) is 5.11. The number of halogens is 1. The minimum atomic E-state index is -1.28. The quantitative estimate of drug-likeness (QED) is 0.686. The molecule has 92 valence electrons. The lowest BCUT2D eigenvalue weighted by Gasteiger charge is -2.03. The number of para-hydroxylation sites is 1. The first-order valence-corrected chi connectivity index (χ1v) is 5.77. The Balaban J connectivity index is 2.25. The molecule has 1 heterocycles. The fourth-order valence-corrected chi connectivity index (χ4v) is 1.81. The number of carboxylic acids is 1. The van der Waals surface area contributed by atoms with Crippen molar-refractivity contribution in [3.05, 3.63) is 39.9 Å². The summed E-state index contributed by atoms with van der Waals surface area (Å²) < 4.78 is 8.36. The molecule has 1 aromatic heterocycles.